The Labute approximate surface area is 89.9 Å². The summed E-state index contributed by atoms with van der Waals surface area (Å²) < 4.78 is 0. The molecule has 0 spiro atoms. The van der Waals surface area contributed by atoms with Gasteiger partial charge >= 0.3 is 0 Å². The lowest BCUT2D eigenvalue weighted by Gasteiger charge is -2.24. The summed E-state index contributed by atoms with van der Waals surface area (Å²) in [6, 6.07) is 8.15. The molecule has 0 atom stereocenters. The molecule has 1 aromatic carbocycles. The van der Waals surface area contributed by atoms with Gasteiger partial charge in [0.25, 0.3) is 0 Å². The zero-order chi connectivity index (χ0) is 9.80. The first-order valence-corrected chi connectivity index (χ1v) is 5.51. The molecule has 1 fully saturated rings. The number of rotatable bonds is 2. The first-order valence-electron chi connectivity index (χ1n) is 5.13. The van der Waals surface area contributed by atoms with Crippen LogP contribution in [0.5, 0.6) is 0 Å². The van der Waals surface area contributed by atoms with Gasteiger partial charge in [0.1, 0.15) is 0 Å². The van der Waals surface area contributed by atoms with E-state index in [4.69, 9.17) is 11.6 Å². The van der Waals surface area contributed by atoms with Crippen molar-refractivity contribution >= 4 is 11.6 Å². The fourth-order valence-electron chi connectivity index (χ4n) is 1.86. The van der Waals surface area contributed by atoms with Crippen molar-refractivity contribution in [1.29, 1.82) is 0 Å². The summed E-state index contributed by atoms with van der Waals surface area (Å²) in [7, 11) is 0. The number of quaternary nitrogens is 1. The monoisotopic (exact) mass is 211 g/mol. The van der Waals surface area contributed by atoms with Crippen LogP contribution in [0.4, 0.5) is 0 Å². The van der Waals surface area contributed by atoms with Gasteiger partial charge in [-0.05, 0) is 17.7 Å². The summed E-state index contributed by atoms with van der Waals surface area (Å²) in [4.78, 5) is 2.48. The van der Waals surface area contributed by atoms with Gasteiger partial charge in [-0.2, -0.15) is 0 Å². The summed E-state index contributed by atoms with van der Waals surface area (Å²) in [6.07, 6.45) is 0. The molecular formula is C11H16ClN2+. The molecular weight excluding hydrogens is 196 g/mol. The Balaban J connectivity index is 1.95. The highest BCUT2D eigenvalue weighted by molar-refractivity contribution is 6.30. The second kappa shape index (κ2) is 4.78. The van der Waals surface area contributed by atoms with Gasteiger partial charge in [-0.1, -0.05) is 23.7 Å². The Bertz CT molecular complexity index is 295. The predicted octanol–water partition coefficient (Wildman–Crippen LogP) is 0.719. The van der Waals surface area contributed by atoms with E-state index >= 15 is 0 Å². The highest BCUT2D eigenvalue weighted by atomic mass is 35.5. The zero-order valence-corrected chi connectivity index (χ0v) is 9.00. The summed E-state index contributed by atoms with van der Waals surface area (Å²) in [6.45, 7) is 5.86. The summed E-state index contributed by atoms with van der Waals surface area (Å²) >= 11 is 5.94. The van der Waals surface area contributed by atoms with E-state index < -0.39 is 0 Å². The molecule has 1 saturated heterocycles. The molecule has 1 aliphatic rings. The van der Waals surface area contributed by atoms with E-state index in [9.17, 15) is 0 Å². The van der Waals surface area contributed by atoms with Gasteiger partial charge in [0.2, 0.25) is 0 Å². The van der Waals surface area contributed by atoms with E-state index in [2.05, 4.69) is 22.3 Å². The SMILES string of the molecule is Clc1cccc(CN2CC[NH2+]CC2)c1. The molecule has 3 heteroatoms. The first-order chi connectivity index (χ1) is 6.84. The summed E-state index contributed by atoms with van der Waals surface area (Å²) in [5.74, 6) is 0. The predicted molar refractivity (Wildman–Crippen MR) is 58.4 cm³/mol. The van der Waals surface area contributed by atoms with Crippen LogP contribution in [0.25, 0.3) is 0 Å². The maximum Gasteiger partial charge on any atom is 0.0885 e. The molecule has 0 aromatic heterocycles. The van der Waals surface area contributed by atoms with Gasteiger partial charge in [-0.25, -0.2) is 0 Å². The van der Waals surface area contributed by atoms with Crippen molar-refractivity contribution in [3.63, 3.8) is 0 Å². The van der Waals surface area contributed by atoms with Gasteiger partial charge in [0, 0.05) is 24.7 Å². The minimum absolute atomic E-state index is 0.839. The molecule has 76 valence electrons. The second-order valence-corrected chi connectivity index (χ2v) is 4.21. The number of benzene rings is 1. The molecule has 2 nitrogen and oxygen atoms in total. The number of piperazine rings is 1. The van der Waals surface area contributed by atoms with Crippen molar-refractivity contribution in [3.8, 4) is 0 Å². The summed E-state index contributed by atoms with van der Waals surface area (Å²) in [5, 5.41) is 3.21. The van der Waals surface area contributed by atoms with Gasteiger partial charge in [-0.15, -0.1) is 0 Å². The quantitative estimate of drug-likeness (QED) is 0.765. The van der Waals surface area contributed by atoms with Gasteiger partial charge < -0.3 is 5.32 Å². The zero-order valence-electron chi connectivity index (χ0n) is 8.25. The molecule has 0 radical (unpaired) electrons. The molecule has 1 aromatic rings. The molecule has 0 unspecified atom stereocenters. The van der Waals surface area contributed by atoms with E-state index in [0.717, 1.165) is 11.6 Å². The maximum atomic E-state index is 5.94. The molecule has 0 saturated carbocycles. The third-order valence-electron chi connectivity index (χ3n) is 2.59. The Hall–Kier alpha value is -0.570. The molecule has 0 amide bonds. The molecule has 2 rings (SSSR count). The topological polar surface area (TPSA) is 19.9 Å². The number of nitrogens with two attached hydrogens (primary N) is 1. The highest BCUT2D eigenvalue weighted by Crippen LogP contribution is 2.12. The van der Waals surface area contributed by atoms with Crippen LogP contribution in [0, 0.1) is 0 Å². The lowest BCUT2D eigenvalue weighted by atomic mass is 10.2. The van der Waals surface area contributed by atoms with Gasteiger partial charge in [-0.3, -0.25) is 4.90 Å². The fraction of sp³-hybridized carbons (Fsp3) is 0.455. The molecule has 2 N–H and O–H groups in total. The number of hydrogen-bond acceptors (Lipinski definition) is 1. The van der Waals surface area contributed by atoms with Gasteiger partial charge in [0.05, 0.1) is 13.1 Å². The van der Waals surface area contributed by atoms with Crippen LogP contribution in [-0.2, 0) is 6.54 Å². The largest absolute Gasteiger partial charge is 0.344 e. The van der Waals surface area contributed by atoms with Crippen LogP contribution in [0.15, 0.2) is 24.3 Å². The lowest BCUT2D eigenvalue weighted by molar-refractivity contribution is -0.663. The van der Waals surface area contributed by atoms with Crippen molar-refractivity contribution in [3.05, 3.63) is 34.9 Å². The van der Waals surface area contributed by atoms with Crippen LogP contribution in [0.1, 0.15) is 5.56 Å². The highest BCUT2D eigenvalue weighted by Gasteiger charge is 2.11. The third kappa shape index (κ3) is 2.71. The van der Waals surface area contributed by atoms with E-state index in [1.807, 2.05) is 12.1 Å². The fourth-order valence-corrected chi connectivity index (χ4v) is 2.07. The number of hydrogen-bond donors (Lipinski definition) is 1. The van der Waals surface area contributed by atoms with E-state index in [0.29, 0.717) is 0 Å². The van der Waals surface area contributed by atoms with Crippen LogP contribution in [-0.4, -0.2) is 31.1 Å². The number of halogens is 1. The van der Waals surface area contributed by atoms with Crippen LogP contribution >= 0.6 is 11.6 Å². The molecule has 0 bridgehead atoms. The smallest absolute Gasteiger partial charge is 0.0885 e. The van der Waals surface area contributed by atoms with E-state index in [1.165, 1.54) is 31.7 Å². The van der Waals surface area contributed by atoms with Crippen LogP contribution in [0.2, 0.25) is 5.02 Å². The maximum absolute atomic E-state index is 5.94. The van der Waals surface area contributed by atoms with Crippen molar-refractivity contribution < 1.29 is 5.32 Å². The minimum Gasteiger partial charge on any atom is -0.344 e. The lowest BCUT2D eigenvalue weighted by Crippen LogP contribution is -2.89. The van der Waals surface area contributed by atoms with Gasteiger partial charge in [0.15, 0.2) is 0 Å². The first kappa shape index (κ1) is 9.97. The van der Waals surface area contributed by atoms with Crippen LogP contribution in [0.3, 0.4) is 0 Å². The van der Waals surface area contributed by atoms with Crippen molar-refractivity contribution in [2.75, 3.05) is 26.2 Å². The minimum atomic E-state index is 0.839. The Kier molecular flexibility index (Phi) is 3.40. The van der Waals surface area contributed by atoms with Crippen molar-refractivity contribution in [2.45, 2.75) is 6.54 Å². The molecule has 1 heterocycles. The average molecular weight is 212 g/mol. The van der Waals surface area contributed by atoms with E-state index in [-0.39, 0.29) is 0 Å². The van der Waals surface area contributed by atoms with Crippen molar-refractivity contribution in [1.82, 2.24) is 4.90 Å². The number of nitrogens with zero attached hydrogens (tertiary/aromatic N) is 1. The van der Waals surface area contributed by atoms with E-state index in [1.54, 1.807) is 0 Å². The van der Waals surface area contributed by atoms with Crippen molar-refractivity contribution in [2.24, 2.45) is 0 Å². The Morgan fingerprint density at radius 3 is 2.79 bits per heavy atom. The second-order valence-electron chi connectivity index (χ2n) is 3.77. The molecule has 1 aliphatic heterocycles. The summed E-state index contributed by atoms with van der Waals surface area (Å²) in [5.41, 5.74) is 1.32. The van der Waals surface area contributed by atoms with Crippen LogP contribution < -0.4 is 5.32 Å². The molecule has 0 aliphatic carbocycles. The third-order valence-corrected chi connectivity index (χ3v) is 2.83. The Morgan fingerprint density at radius 1 is 1.29 bits per heavy atom. The normalized spacial score (nSPS) is 18.4. The molecule has 14 heavy (non-hydrogen) atoms. The average Bonchev–Trinajstić information content (AvgIpc) is 2.19. The Morgan fingerprint density at radius 2 is 2.07 bits per heavy atom. The standard InChI is InChI=1S/C11H15ClN2/c12-11-3-1-2-10(8-11)9-14-6-4-13-5-7-14/h1-3,8,13H,4-7,9H2/p+1.